The molecule has 0 aliphatic carbocycles. The van der Waals surface area contributed by atoms with Crippen LogP contribution in [0.5, 0.6) is 11.5 Å². The fourth-order valence-electron chi connectivity index (χ4n) is 3.44. The zero-order valence-corrected chi connectivity index (χ0v) is 19.8. The van der Waals surface area contributed by atoms with Crippen molar-refractivity contribution in [2.24, 2.45) is 0 Å². The zero-order valence-electron chi connectivity index (χ0n) is 19.0. The molecule has 0 saturated carbocycles. The molecule has 0 aliphatic rings. The molecule has 2 heterocycles. The van der Waals surface area contributed by atoms with Gasteiger partial charge in [0.25, 0.3) is 5.91 Å². The molecule has 2 aromatic heterocycles. The Kier molecular flexibility index (Phi) is 6.69. The molecular formula is C24H25N5O3S. The highest BCUT2D eigenvalue weighted by atomic mass is 32.1. The first-order chi connectivity index (χ1) is 16.0. The Balaban J connectivity index is 1.53. The highest BCUT2D eigenvalue weighted by molar-refractivity contribution is 7.17. The van der Waals surface area contributed by atoms with Gasteiger partial charge >= 0.3 is 0 Å². The van der Waals surface area contributed by atoms with Crippen molar-refractivity contribution in [1.29, 1.82) is 0 Å². The Labute approximate surface area is 196 Å². The first-order valence-corrected chi connectivity index (χ1v) is 11.4. The largest absolute Gasteiger partial charge is 0.496 e. The molecule has 1 N–H and O–H groups in total. The predicted molar refractivity (Wildman–Crippen MR) is 127 cm³/mol. The Bertz CT molecular complexity index is 1260. The van der Waals surface area contributed by atoms with Crippen molar-refractivity contribution in [2.75, 3.05) is 13.7 Å². The molecule has 4 aromatic rings. The van der Waals surface area contributed by atoms with Crippen LogP contribution in [0.15, 0.2) is 48.5 Å². The van der Waals surface area contributed by atoms with Gasteiger partial charge in [0.15, 0.2) is 0 Å². The monoisotopic (exact) mass is 463 g/mol. The van der Waals surface area contributed by atoms with E-state index in [1.807, 2.05) is 69.3 Å². The molecular weight excluding hydrogens is 438 g/mol. The average molecular weight is 464 g/mol. The van der Waals surface area contributed by atoms with E-state index < -0.39 is 0 Å². The highest BCUT2D eigenvalue weighted by Gasteiger charge is 2.21. The minimum atomic E-state index is -0.182. The van der Waals surface area contributed by atoms with E-state index in [4.69, 9.17) is 9.47 Å². The van der Waals surface area contributed by atoms with Gasteiger partial charge in [0.1, 0.15) is 27.1 Å². The maximum Gasteiger partial charge on any atom is 0.263 e. The van der Waals surface area contributed by atoms with Crippen molar-refractivity contribution in [2.45, 2.75) is 27.3 Å². The first kappa shape index (κ1) is 22.5. The van der Waals surface area contributed by atoms with Gasteiger partial charge in [-0.3, -0.25) is 4.79 Å². The third-order valence-electron chi connectivity index (χ3n) is 5.12. The topological polar surface area (TPSA) is 91.2 Å². The standard InChI is InChI=1S/C24H25N5O3S/c1-5-32-19-12-10-18(11-13-19)29-16(3)21(27-28-29)24-26-15(2)22(33-24)23(30)25-14-17-8-6-7-9-20(17)31-4/h6-13H,5,14H2,1-4H3,(H,25,30). The molecule has 1 amide bonds. The lowest BCUT2D eigenvalue weighted by Crippen LogP contribution is -2.22. The number of methoxy groups -OCH3 is 1. The van der Waals surface area contributed by atoms with Crippen LogP contribution in [0.25, 0.3) is 16.4 Å². The van der Waals surface area contributed by atoms with E-state index in [1.165, 1.54) is 11.3 Å². The lowest BCUT2D eigenvalue weighted by atomic mass is 10.2. The average Bonchev–Trinajstić information content (AvgIpc) is 3.40. The number of ether oxygens (including phenoxy) is 2. The second kappa shape index (κ2) is 9.83. The van der Waals surface area contributed by atoms with Crippen LogP contribution in [0, 0.1) is 13.8 Å². The van der Waals surface area contributed by atoms with Crippen molar-refractivity contribution >= 4 is 17.2 Å². The van der Waals surface area contributed by atoms with E-state index in [0.29, 0.717) is 34.4 Å². The molecule has 0 atom stereocenters. The molecule has 33 heavy (non-hydrogen) atoms. The fourth-order valence-corrected chi connectivity index (χ4v) is 4.45. The Hall–Kier alpha value is -3.72. The number of carbonyl (C=O) groups excluding carboxylic acids is 1. The minimum Gasteiger partial charge on any atom is -0.496 e. The smallest absolute Gasteiger partial charge is 0.263 e. The number of carbonyl (C=O) groups is 1. The molecule has 0 unspecified atom stereocenters. The summed E-state index contributed by atoms with van der Waals surface area (Å²) >= 11 is 1.31. The van der Waals surface area contributed by atoms with Crippen molar-refractivity contribution in [1.82, 2.24) is 25.3 Å². The van der Waals surface area contributed by atoms with E-state index in [1.54, 1.807) is 11.8 Å². The minimum absolute atomic E-state index is 0.182. The van der Waals surface area contributed by atoms with E-state index in [9.17, 15) is 4.79 Å². The number of thiazole rings is 1. The van der Waals surface area contributed by atoms with Crippen LogP contribution in [0.2, 0.25) is 0 Å². The van der Waals surface area contributed by atoms with Crippen molar-refractivity contribution in [3.8, 4) is 27.9 Å². The second-order valence-corrected chi connectivity index (χ2v) is 8.29. The lowest BCUT2D eigenvalue weighted by Gasteiger charge is -2.09. The third-order valence-corrected chi connectivity index (χ3v) is 6.29. The van der Waals surface area contributed by atoms with E-state index >= 15 is 0 Å². The van der Waals surface area contributed by atoms with Gasteiger partial charge in [-0.15, -0.1) is 16.4 Å². The molecule has 0 radical (unpaired) electrons. The predicted octanol–water partition coefficient (Wildman–Crippen LogP) is 4.34. The molecule has 9 heteroatoms. The molecule has 2 aromatic carbocycles. The Morgan fingerprint density at radius 2 is 1.88 bits per heavy atom. The van der Waals surface area contributed by atoms with Crippen molar-refractivity contribution < 1.29 is 14.3 Å². The fraction of sp³-hybridized carbons (Fsp3) is 0.250. The van der Waals surface area contributed by atoms with Crippen LogP contribution < -0.4 is 14.8 Å². The lowest BCUT2D eigenvalue weighted by molar-refractivity contribution is 0.0954. The maximum atomic E-state index is 12.8. The summed E-state index contributed by atoms with van der Waals surface area (Å²) in [6.45, 7) is 6.69. The summed E-state index contributed by atoms with van der Waals surface area (Å²) in [7, 11) is 1.61. The van der Waals surface area contributed by atoms with Crippen LogP contribution >= 0.6 is 11.3 Å². The first-order valence-electron chi connectivity index (χ1n) is 10.5. The van der Waals surface area contributed by atoms with E-state index in [-0.39, 0.29) is 5.91 Å². The summed E-state index contributed by atoms with van der Waals surface area (Å²) in [5.74, 6) is 1.36. The van der Waals surface area contributed by atoms with E-state index in [2.05, 4.69) is 20.6 Å². The second-order valence-electron chi connectivity index (χ2n) is 7.29. The molecule has 0 bridgehead atoms. The van der Waals surface area contributed by atoms with Gasteiger partial charge in [-0.05, 0) is 51.1 Å². The van der Waals surface area contributed by atoms with Gasteiger partial charge < -0.3 is 14.8 Å². The van der Waals surface area contributed by atoms with Crippen LogP contribution in [0.3, 0.4) is 0 Å². The van der Waals surface area contributed by atoms with Gasteiger partial charge in [0, 0.05) is 12.1 Å². The van der Waals surface area contributed by atoms with Crippen LogP contribution in [0.1, 0.15) is 33.5 Å². The summed E-state index contributed by atoms with van der Waals surface area (Å²) in [5, 5.41) is 12.2. The van der Waals surface area contributed by atoms with Crippen molar-refractivity contribution in [3.05, 3.63) is 70.4 Å². The Morgan fingerprint density at radius 1 is 1.12 bits per heavy atom. The van der Waals surface area contributed by atoms with Gasteiger partial charge in [-0.1, -0.05) is 23.4 Å². The van der Waals surface area contributed by atoms with Crippen LogP contribution in [-0.2, 0) is 6.54 Å². The summed E-state index contributed by atoms with van der Waals surface area (Å²) < 4.78 is 12.6. The van der Waals surface area contributed by atoms with E-state index in [0.717, 1.165) is 28.4 Å². The summed E-state index contributed by atoms with van der Waals surface area (Å²) in [4.78, 5) is 18.0. The zero-order chi connectivity index (χ0) is 23.4. The number of aryl methyl sites for hydroxylation is 1. The molecule has 170 valence electrons. The number of benzene rings is 2. The van der Waals surface area contributed by atoms with Crippen LogP contribution in [-0.4, -0.2) is 39.6 Å². The molecule has 0 spiro atoms. The molecule has 4 rings (SSSR count). The van der Waals surface area contributed by atoms with Gasteiger partial charge in [-0.2, -0.15) is 0 Å². The number of hydrogen-bond acceptors (Lipinski definition) is 7. The van der Waals surface area contributed by atoms with Crippen molar-refractivity contribution in [3.63, 3.8) is 0 Å². The number of para-hydroxylation sites is 1. The summed E-state index contributed by atoms with van der Waals surface area (Å²) in [6, 6.07) is 15.3. The molecule has 0 fully saturated rings. The van der Waals surface area contributed by atoms with Gasteiger partial charge in [0.2, 0.25) is 0 Å². The maximum absolute atomic E-state index is 12.8. The molecule has 0 saturated heterocycles. The highest BCUT2D eigenvalue weighted by Crippen LogP contribution is 2.30. The summed E-state index contributed by atoms with van der Waals surface area (Å²) in [5.41, 5.74) is 3.93. The Morgan fingerprint density at radius 3 is 2.61 bits per heavy atom. The number of nitrogens with zero attached hydrogens (tertiary/aromatic N) is 4. The number of aromatic nitrogens is 4. The SMILES string of the molecule is CCOc1ccc(-n2nnc(-c3nc(C)c(C(=O)NCc4ccccc4OC)s3)c2C)cc1. The van der Waals surface area contributed by atoms with Crippen LogP contribution in [0.4, 0.5) is 0 Å². The number of hydrogen-bond donors (Lipinski definition) is 1. The number of amides is 1. The number of nitrogens with one attached hydrogen (secondary N) is 1. The van der Waals surface area contributed by atoms with Gasteiger partial charge in [-0.25, -0.2) is 9.67 Å². The molecule has 8 nitrogen and oxygen atoms in total. The quantitative estimate of drug-likeness (QED) is 0.418. The molecule has 0 aliphatic heterocycles. The number of rotatable bonds is 8. The van der Waals surface area contributed by atoms with Gasteiger partial charge in [0.05, 0.1) is 30.8 Å². The summed E-state index contributed by atoms with van der Waals surface area (Å²) in [6.07, 6.45) is 0. The third kappa shape index (κ3) is 4.73. The normalized spacial score (nSPS) is 10.8.